The Hall–Kier alpha value is -3.06. The molecule has 7 nitrogen and oxygen atoms in total. The van der Waals surface area contributed by atoms with Gasteiger partial charge in [0.05, 0.1) is 7.11 Å². The Bertz CT molecular complexity index is 829. The Kier molecular flexibility index (Phi) is 7.68. The summed E-state index contributed by atoms with van der Waals surface area (Å²) in [5.74, 6) is -0.384. The number of methoxy groups -OCH3 is 1. The first-order valence-corrected chi connectivity index (χ1v) is 10.4. The van der Waals surface area contributed by atoms with Gasteiger partial charge in [0.1, 0.15) is 5.75 Å². The maximum Gasteiger partial charge on any atom is 0.313 e. The van der Waals surface area contributed by atoms with E-state index in [4.69, 9.17) is 4.74 Å². The van der Waals surface area contributed by atoms with Crippen molar-refractivity contribution in [1.29, 1.82) is 0 Å². The fraction of sp³-hybridized carbons (Fsp3) is 0.391. The average Bonchev–Trinajstić information content (AvgIpc) is 2.80. The van der Waals surface area contributed by atoms with Gasteiger partial charge in [-0.1, -0.05) is 19.1 Å². The highest BCUT2D eigenvalue weighted by molar-refractivity contribution is 6.39. The van der Waals surface area contributed by atoms with Gasteiger partial charge in [-0.3, -0.25) is 14.5 Å². The van der Waals surface area contributed by atoms with Crippen molar-refractivity contribution in [2.75, 3.05) is 56.6 Å². The monoisotopic (exact) mass is 410 g/mol. The van der Waals surface area contributed by atoms with E-state index in [2.05, 4.69) is 39.5 Å². The molecule has 2 aromatic carbocycles. The SMILES string of the molecule is CCc1ccc(NC(=O)C(=O)NCCN2CCN(c3ccc(OC)cc3)CC2)cc1. The summed E-state index contributed by atoms with van der Waals surface area (Å²) in [6.45, 7) is 6.92. The van der Waals surface area contributed by atoms with Gasteiger partial charge < -0.3 is 20.3 Å². The maximum absolute atomic E-state index is 12.0. The van der Waals surface area contributed by atoms with Gasteiger partial charge in [-0.25, -0.2) is 0 Å². The van der Waals surface area contributed by atoms with Crippen LogP contribution < -0.4 is 20.3 Å². The zero-order chi connectivity index (χ0) is 21.3. The van der Waals surface area contributed by atoms with E-state index in [1.807, 2.05) is 36.4 Å². The Balaban J connectivity index is 1.35. The molecule has 0 unspecified atom stereocenters. The molecule has 0 saturated carbocycles. The molecule has 1 aliphatic heterocycles. The number of nitrogens with zero attached hydrogens (tertiary/aromatic N) is 2. The minimum absolute atomic E-state index is 0.448. The predicted octanol–water partition coefficient (Wildman–Crippen LogP) is 2.13. The molecule has 2 aromatic rings. The number of anilines is 2. The van der Waals surface area contributed by atoms with Crippen LogP contribution in [0.5, 0.6) is 5.75 Å². The van der Waals surface area contributed by atoms with Gasteiger partial charge in [0, 0.05) is 50.6 Å². The number of rotatable bonds is 7. The third-order valence-corrected chi connectivity index (χ3v) is 5.35. The zero-order valence-corrected chi connectivity index (χ0v) is 17.7. The van der Waals surface area contributed by atoms with Crippen molar-refractivity contribution in [2.24, 2.45) is 0 Å². The van der Waals surface area contributed by atoms with Crippen LogP contribution in [0.3, 0.4) is 0 Å². The van der Waals surface area contributed by atoms with Crippen molar-refractivity contribution in [3.8, 4) is 5.75 Å². The molecule has 1 saturated heterocycles. The molecule has 0 radical (unpaired) electrons. The third-order valence-electron chi connectivity index (χ3n) is 5.35. The molecule has 0 atom stereocenters. The number of ether oxygens (including phenoxy) is 1. The molecule has 3 rings (SSSR count). The number of amides is 2. The number of hydrogen-bond acceptors (Lipinski definition) is 5. The lowest BCUT2D eigenvalue weighted by Crippen LogP contribution is -2.49. The smallest absolute Gasteiger partial charge is 0.313 e. The molecule has 0 spiro atoms. The lowest BCUT2D eigenvalue weighted by Gasteiger charge is -2.36. The summed E-state index contributed by atoms with van der Waals surface area (Å²) in [5, 5.41) is 5.34. The average molecular weight is 411 g/mol. The van der Waals surface area contributed by atoms with Crippen LogP contribution >= 0.6 is 0 Å². The zero-order valence-electron chi connectivity index (χ0n) is 17.7. The summed E-state index contributed by atoms with van der Waals surface area (Å²) in [5.41, 5.74) is 3.00. The second-order valence-corrected chi connectivity index (χ2v) is 7.29. The van der Waals surface area contributed by atoms with E-state index in [0.717, 1.165) is 44.9 Å². The highest BCUT2D eigenvalue weighted by Crippen LogP contribution is 2.20. The van der Waals surface area contributed by atoms with Crippen LogP contribution in [0.25, 0.3) is 0 Å². The molecular weight excluding hydrogens is 380 g/mol. The van der Waals surface area contributed by atoms with Crippen LogP contribution in [-0.4, -0.2) is 63.1 Å². The van der Waals surface area contributed by atoms with Crippen LogP contribution in [0.1, 0.15) is 12.5 Å². The van der Waals surface area contributed by atoms with E-state index >= 15 is 0 Å². The van der Waals surface area contributed by atoms with Gasteiger partial charge in [0.2, 0.25) is 0 Å². The molecule has 2 N–H and O–H groups in total. The van der Waals surface area contributed by atoms with Crippen molar-refractivity contribution < 1.29 is 14.3 Å². The van der Waals surface area contributed by atoms with E-state index in [-0.39, 0.29) is 0 Å². The first kappa shape index (κ1) is 21.6. The summed E-state index contributed by atoms with van der Waals surface area (Å²) < 4.78 is 5.21. The predicted molar refractivity (Wildman–Crippen MR) is 119 cm³/mol. The minimum atomic E-state index is -0.636. The van der Waals surface area contributed by atoms with Crippen molar-refractivity contribution in [1.82, 2.24) is 10.2 Å². The van der Waals surface area contributed by atoms with Gasteiger partial charge >= 0.3 is 11.8 Å². The van der Waals surface area contributed by atoms with Crippen LogP contribution in [0, 0.1) is 0 Å². The van der Waals surface area contributed by atoms with Gasteiger partial charge in [-0.05, 0) is 48.4 Å². The quantitative estimate of drug-likeness (QED) is 0.684. The van der Waals surface area contributed by atoms with Crippen molar-refractivity contribution >= 4 is 23.2 Å². The summed E-state index contributed by atoms with van der Waals surface area (Å²) in [6.07, 6.45) is 0.934. The maximum atomic E-state index is 12.0. The Morgan fingerprint density at radius 2 is 1.60 bits per heavy atom. The number of aryl methyl sites for hydroxylation is 1. The number of nitrogens with one attached hydrogen (secondary N) is 2. The number of benzene rings is 2. The molecule has 1 fully saturated rings. The van der Waals surface area contributed by atoms with Crippen LogP contribution in [0.15, 0.2) is 48.5 Å². The van der Waals surface area contributed by atoms with E-state index < -0.39 is 11.8 Å². The van der Waals surface area contributed by atoms with Gasteiger partial charge in [0.25, 0.3) is 0 Å². The Morgan fingerprint density at radius 1 is 0.933 bits per heavy atom. The Morgan fingerprint density at radius 3 is 2.20 bits per heavy atom. The van der Waals surface area contributed by atoms with Crippen molar-refractivity contribution in [3.63, 3.8) is 0 Å². The van der Waals surface area contributed by atoms with Gasteiger partial charge in [0.15, 0.2) is 0 Å². The fourth-order valence-corrected chi connectivity index (χ4v) is 3.44. The molecule has 160 valence electrons. The Labute approximate surface area is 178 Å². The van der Waals surface area contributed by atoms with Crippen LogP contribution in [-0.2, 0) is 16.0 Å². The van der Waals surface area contributed by atoms with Crippen molar-refractivity contribution in [2.45, 2.75) is 13.3 Å². The highest BCUT2D eigenvalue weighted by Gasteiger charge is 2.18. The number of carbonyl (C=O) groups is 2. The number of piperazine rings is 1. The summed E-state index contributed by atoms with van der Waals surface area (Å²) in [4.78, 5) is 28.7. The molecule has 30 heavy (non-hydrogen) atoms. The van der Waals surface area contributed by atoms with E-state index in [9.17, 15) is 9.59 Å². The fourth-order valence-electron chi connectivity index (χ4n) is 3.44. The normalized spacial score (nSPS) is 14.3. The molecule has 0 aromatic heterocycles. The van der Waals surface area contributed by atoms with Crippen LogP contribution in [0.2, 0.25) is 0 Å². The summed E-state index contributed by atoms with van der Waals surface area (Å²) in [7, 11) is 1.67. The first-order chi connectivity index (χ1) is 14.6. The third kappa shape index (κ3) is 5.97. The largest absolute Gasteiger partial charge is 0.497 e. The van der Waals surface area contributed by atoms with Gasteiger partial charge in [-0.2, -0.15) is 0 Å². The lowest BCUT2D eigenvalue weighted by atomic mass is 10.1. The molecule has 7 heteroatoms. The highest BCUT2D eigenvalue weighted by atomic mass is 16.5. The topological polar surface area (TPSA) is 73.9 Å². The summed E-state index contributed by atoms with van der Waals surface area (Å²) in [6, 6.07) is 15.6. The number of hydrogen-bond donors (Lipinski definition) is 2. The molecule has 0 bridgehead atoms. The van der Waals surface area contributed by atoms with E-state index in [1.165, 1.54) is 11.3 Å². The van der Waals surface area contributed by atoms with E-state index in [0.29, 0.717) is 12.2 Å². The second-order valence-electron chi connectivity index (χ2n) is 7.29. The van der Waals surface area contributed by atoms with Crippen LogP contribution in [0.4, 0.5) is 11.4 Å². The standard InChI is InChI=1S/C23H30N4O3/c1-3-18-4-6-19(7-5-18)25-23(29)22(28)24-12-13-26-14-16-27(17-15-26)20-8-10-21(30-2)11-9-20/h4-11H,3,12-17H2,1-2H3,(H,24,28)(H,25,29). The molecular formula is C23H30N4O3. The first-order valence-electron chi connectivity index (χ1n) is 10.4. The van der Waals surface area contributed by atoms with E-state index in [1.54, 1.807) is 7.11 Å². The molecule has 2 amide bonds. The minimum Gasteiger partial charge on any atom is -0.497 e. The van der Waals surface area contributed by atoms with Gasteiger partial charge in [-0.15, -0.1) is 0 Å². The lowest BCUT2D eigenvalue weighted by molar-refractivity contribution is -0.136. The molecule has 1 aliphatic rings. The van der Waals surface area contributed by atoms with Crippen molar-refractivity contribution in [3.05, 3.63) is 54.1 Å². The molecule has 1 heterocycles. The number of carbonyl (C=O) groups excluding carboxylic acids is 2. The molecule has 0 aliphatic carbocycles. The summed E-state index contributed by atoms with van der Waals surface area (Å²) >= 11 is 0. The second kappa shape index (κ2) is 10.6.